The molecule has 0 aliphatic carbocycles. The van der Waals surface area contributed by atoms with Crippen molar-refractivity contribution in [1.29, 1.82) is 0 Å². The van der Waals surface area contributed by atoms with Crippen molar-refractivity contribution in [2.24, 2.45) is 5.84 Å². The first kappa shape index (κ1) is 9.66. The highest BCUT2D eigenvalue weighted by molar-refractivity contribution is 6.01. The summed E-state index contributed by atoms with van der Waals surface area (Å²) in [5, 5.41) is 0.902. The maximum atomic E-state index is 11.0. The first-order chi connectivity index (χ1) is 6.15. The summed E-state index contributed by atoms with van der Waals surface area (Å²) in [6.45, 7) is 0.369. The SMILES string of the molecule is NN(C=O)CCN1C(=O)CCC1=O. The number of hydrogen-bond donors (Lipinski definition) is 1. The minimum Gasteiger partial charge on any atom is -0.282 e. The van der Waals surface area contributed by atoms with Gasteiger partial charge in [-0.25, -0.2) is 5.84 Å². The van der Waals surface area contributed by atoms with Crippen LogP contribution in [0.1, 0.15) is 12.8 Å². The zero-order valence-corrected chi connectivity index (χ0v) is 7.10. The predicted molar refractivity (Wildman–Crippen MR) is 42.9 cm³/mol. The second-order valence-electron chi connectivity index (χ2n) is 2.78. The van der Waals surface area contributed by atoms with E-state index in [1.54, 1.807) is 0 Å². The van der Waals surface area contributed by atoms with Crippen LogP contribution >= 0.6 is 0 Å². The van der Waals surface area contributed by atoms with E-state index in [9.17, 15) is 14.4 Å². The lowest BCUT2D eigenvalue weighted by molar-refractivity contribution is -0.139. The van der Waals surface area contributed by atoms with E-state index in [2.05, 4.69) is 0 Å². The third-order valence-electron chi connectivity index (χ3n) is 1.87. The summed E-state index contributed by atoms with van der Waals surface area (Å²) >= 11 is 0. The third kappa shape index (κ3) is 2.25. The Morgan fingerprint density at radius 1 is 1.38 bits per heavy atom. The quantitative estimate of drug-likeness (QED) is 0.189. The van der Waals surface area contributed by atoms with Crippen molar-refractivity contribution in [3.05, 3.63) is 0 Å². The van der Waals surface area contributed by atoms with Gasteiger partial charge in [-0.1, -0.05) is 0 Å². The van der Waals surface area contributed by atoms with Crippen molar-refractivity contribution >= 4 is 18.2 Å². The van der Waals surface area contributed by atoms with Gasteiger partial charge in [0.25, 0.3) is 0 Å². The Labute approximate surface area is 75.2 Å². The molecule has 0 spiro atoms. The fourth-order valence-electron chi connectivity index (χ4n) is 1.14. The molecule has 1 rings (SSSR count). The molecule has 0 radical (unpaired) electrons. The molecule has 72 valence electrons. The first-order valence-electron chi connectivity index (χ1n) is 3.95. The number of nitrogens with two attached hydrogens (primary N) is 1. The van der Waals surface area contributed by atoms with Crippen LogP contribution in [0.5, 0.6) is 0 Å². The number of likely N-dealkylation sites (tertiary alicyclic amines) is 1. The van der Waals surface area contributed by atoms with Gasteiger partial charge in [0.15, 0.2) is 0 Å². The Bertz CT molecular complexity index is 225. The molecule has 0 aromatic carbocycles. The fraction of sp³-hybridized carbons (Fsp3) is 0.571. The van der Waals surface area contributed by atoms with Crippen molar-refractivity contribution in [2.75, 3.05) is 13.1 Å². The molecule has 0 aromatic rings. The molecule has 1 heterocycles. The van der Waals surface area contributed by atoms with Gasteiger partial charge in [-0.3, -0.25) is 24.3 Å². The molecule has 1 saturated heterocycles. The number of carbonyl (C=O) groups is 3. The Balaban J connectivity index is 2.39. The number of hydrogen-bond acceptors (Lipinski definition) is 4. The van der Waals surface area contributed by atoms with E-state index in [1.807, 2.05) is 0 Å². The van der Waals surface area contributed by atoms with Crippen LogP contribution in [0.15, 0.2) is 0 Å². The second kappa shape index (κ2) is 3.99. The molecule has 3 amide bonds. The van der Waals surface area contributed by atoms with E-state index in [-0.39, 0.29) is 37.7 Å². The van der Waals surface area contributed by atoms with Crippen LogP contribution in [0.3, 0.4) is 0 Å². The van der Waals surface area contributed by atoms with E-state index >= 15 is 0 Å². The largest absolute Gasteiger partial charge is 0.282 e. The highest BCUT2D eigenvalue weighted by Crippen LogP contribution is 2.10. The molecule has 0 aromatic heterocycles. The van der Waals surface area contributed by atoms with Crippen LogP contribution in [0.4, 0.5) is 0 Å². The summed E-state index contributed by atoms with van der Waals surface area (Å²) in [7, 11) is 0. The summed E-state index contributed by atoms with van der Waals surface area (Å²) in [5.74, 6) is 4.78. The molecule has 0 atom stereocenters. The van der Waals surface area contributed by atoms with E-state index in [0.717, 1.165) is 9.91 Å². The third-order valence-corrected chi connectivity index (χ3v) is 1.87. The van der Waals surface area contributed by atoms with Gasteiger partial charge >= 0.3 is 0 Å². The zero-order valence-electron chi connectivity index (χ0n) is 7.10. The normalized spacial score (nSPS) is 16.5. The topological polar surface area (TPSA) is 83.7 Å². The van der Waals surface area contributed by atoms with E-state index < -0.39 is 0 Å². The van der Waals surface area contributed by atoms with Gasteiger partial charge in [-0.2, -0.15) is 0 Å². The second-order valence-corrected chi connectivity index (χ2v) is 2.78. The van der Waals surface area contributed by atoms with Gasteiger partial charge < -0.3 is 0 Å². The first-order valence-corrected chi connectivity index (χ1v) is 3.95. The zero-order chi connectivity index (χ0) is 9.84. The molecule has 13 heavy (non-hydrogen) atoms. The summed E-state index contributed by atoms with van der Waals surface area (Å²) in [5.41, 5.74) is 0. The van der Waals surface area contributed by atoms with Crippen molar-refractivity contribution in [3.63, 3.8) is 0 Å². The molecule has 0 unspecified atom stereocenters. The molecular weight excluding hydrogens is 174 g/mol. The molecule has 1 aliphatic rings. The molecule has 2 N–H and O–H groups in total. The molecule has 1 aliphatic heterocycles. The van der Waals surface area contributed by atoms with Crippen molar-refractivity contribution in [2.45, 2.75) is 12.8 Å². The Hall–Kier alpha value is -1.43. The standard InChI is InChI=1S/C7H11N3O3/c8-9(5-11)3-4-10-6(12)1-2-7(10)13/h5H,1-4,8H2. The summed E-state index contributed by atoms with van der Waals surface area (Å²) < 4.78 is 0. The van der Waals surface area contributed by atoms with Crippen LogP contribution in [0.2, 0.25) is 0 Å². The van der Waals surface area contributed by atoms with Gasteiger partial charge in [0.1, 0.15) is 0 Å². The van der Waals surface area contributed by atoms with Gasteiger partial charge in [0.2, 0.25) is 18.2 Å². The number of rotatable bonds is 4. The Kier molecular flexibility index (Phi) is 2.97. The Morgan fingerprint density at radius 3 is 2.38 bits per heavy atom. The summed E-state index contributed by atoms with van der Waals surface area (Å²) in [6.07, 6.45) is 0.986. The number of amides is 3. The minimum atomic E-state index is -0.190. The highest BCUT2D eigenvalue weighted by atomic mass is 16.2. The monoisotopic (exact) mass is 185 g/mol. The molecule has 6 nitrogen and oxygen atoms in total. The van der Waals surface area contributed by atoms with Crippen LogP contribution < -0.4 is 5.84 Å². The fourth-order valence-corrected chi connectivity index (χ4v) is 1.14. The summed E-state index contributed by atoms with van der Waals surface area (Å²) in [4.78, 5) is 33.3. The Morgan fingerprint density at radius 2 is 1.92 bits per heavy atom. The van der Waals surface area contributed by atoms with Crippen LogP contribution in [-0.4, -0.2) is 41.2 Å². The van der Waals surface area contributed by atoms with E-state index in [0.29, 0.717) is 6.41 Å². The van der Waals surface area contributed by atoms with Crippen LogP contribution in [0, 0.1) is 0 Å². The molecule has 6 heteroatoms. The van der Waals surface area contributed by atoms with Crippen LogP contribution in [-0.2, 0) is 14.4 Å². The van der Waals surface area contributed by atoms with Crippen molar-refractivity contribution in [1.82, 2.24) is 9.91 Å². The number of imide groups is 1. The van der Waals surface area contributed by atoms with Gasteiger partial charge in [-0.15, -0.1) is 0 Å². The number of nitrogens with zero attached hydrogens (tertiary/aromatic N) is 2. The van der Waals surface area contributed by atoms with Gasteiger partial charge in [0.05, 0.1) is 6.54 Å². The van der Waals surface area contributed by atoms with Gasteiger partial charge in [0, 0.05) is 19.4 Å². The average Bonchev–Trinajstić information content (AvgIpc) is 2.43. The maximum Gasteiger partial charge on any atom is 0.229 e. The van der Waals surface area contributed by atoms with Crippen molar-refractivity contribution in [3.8, 4) is 0 Å². The smallest absolute Gasteiger partial charge is 0.229 e. The van der Waals surface area contributed by atoms with E-state index in [4.69, 9.17) is 5.84 Å². The highest BCUT2D eigenvalue weighted by Gasteiger charge is 2.28. The average molecular weight is 185 g/mol. The lowest BCUT2D eigenvalue weighted by Gasteiger charge is -2.16. The summed E-state index contributed by atoms with van der Waals surface area (Å²) in [6, 6.07) is 0. The molecule has 0 bridgehead atoms. The maximum absolute atomic E-state index is 11.0. The lowest BCUT2D eigenvalue weighted by atomic mass is 10.4. The van der Waals surface area contributed by atoms with Gasteiger partial charge in [-0.05, 0) is 0 Å². The molecule has 0 saturated carbocycles. The van der Waals surface area contributed by atoms with E-state index in [1.165, 1.54) is 0 Å². The number of carbonyl (C=O) groups excluding carboxylic acids is 3. The predicted octanol–water partition coefficient (Wildman–Crippen LogP) is -1.53. The van der Waals surface area contributed by atoms with Crippen molar-refractivity contribution < 1.29 is 14.4 Å². The van der Waals surface area contributed by atoms with Crippen LogP contribution in [0.25, 0.3) is 0 Å². The molecule has 1 fully saturated rings. The minimum absolute atomic E-state index is 0.182. The number of hydrazine groups is 1. The lowest BCUT2D eigenvalue weighted by Crippen LogP contribution is -2.40. The molecular formula is C7H11N3O3.